The van der Waals surface area contributed by atoms with Crippen LogP contribution in [0, 0.1) is 5.92 Å². The lowest BCUT2D eigenvalue weighted by molar-refractivity contribution is 0.161. The quantitative estimate of drug-likeness (QED) is 0.722. The maximum absolute atomic E-state index is 9.87. The predicted octanol–water partition coefficient (Wildman–Crippen LogP) is 2.64. The predicted molar refractivity (Wildman–Crippen MR) is 80.1 cm³/mol. The van der Waals surface area contributed by atoms with Crippen LogP contribution in [0.25, 0.3) is 10.8 Å². The van der Waals surface area contributed by atoms with Crippen LogP contribution in [0.1, 0.15) is 20.3 Å². The third-order valence-corrected chi connectivity index (χ3v) is 3.13. The highest BCUT2D eigenvalue weighted by Gasteiger charge is 2.09. The van der Waals surface area contributed by atoms with Gasteiger partial charge in [-0.2, -0.15) is 0 Å². The van der Waals surface area contributed by atoms with Crippen LogP contribution in [-0.2, 0) is 0 Å². The van der Waals surface area contributed by atoms with Gasteiger partial charge < -0.3 is 16.2 Å². The van der Waals surface area contributed by atoms with E-state index in [1.54, 1.807) is 12.4 Å². The van der Waals surface area contributed by atoms with Crippen molar-refractivity contribution in [3.8, 4) is 0 Å². The smallest absolute Gasteiger partial charge is 0.0715 e. The van der Waals surface area contributed by atoms with E-state index in [1.807, 2.05) is 18.2 Å². The van der Waals surface area contributed by atoms with Gasteiger partial charge in [0.25, 0.3) is 0 Å². The number of pyridine rings is 1. The first kappa shape index (κ1) is 13.6. The molecule has 2 rings (SSSR count). The largest absolute Gasteiger partial charge is 0.397 e. The van der Waals surface area contributed by atoms with Crippen LogP contribution in [0.3, 0.4) is 0 Å². The molecule has 1 aromatic carbocycles. The fourth-order valence-corrected chi connectivity index (χ4v) is 2.20. The SMILES string of the molecule is CC(C)CC(O)CNc1ccc2cnccc2c1N. The molecule has 0 spiro atoms. The van der Waals surface area contributed by atoms with E-state index < -0.39 is 0 Å². The van der Waals surface area contributed by atoms with Crippen molar-refractivity contribution in [3.05, 3.63) is 30.6 Å². The van der Waals surface area contributed by atoms with Crippen LogP contribution >= 0.6 is 0 Å². The molecule has 4 heteroatoms. The Balaban J connectivity index is 2.11. The third kappa shape index (κ3) is 3.35. The van der Waals surface area contributed by atoms with Crippen molar-refractivity contribution in [2.45, 2.75) is 26.4 Å². The van der Waals surface area contributed by atoms with Gasteiger partial charge in [0.1, 0.15) is 0 Å². The fourth-order valence-electron chi connectivity index (χ4n) is 2.20. The van der Waals surface area contributed by atoms with Crippen molar-refractivity contribution in [1.82, 2.24) is 4.98 Å². The number of hydrogen-bond donors (Lipinski definition) is 3. The molecular weight excluding hydrogens is 238 g/mol. The van der Waals surface area contributed by atoms with Gasteiger partial charge in [0.2, 0.25) is 0 Å². The minimum atomic E-state index is -0.354. The molecule has 1 atom stereocenters. The number of rotatable bonds is 5. The van der Waals surface area contributed by atoms with E-state index in [9.17, 15) is 5.11 Å². The molecule has 0 radical (unpaired) electrons. The summed E-state index contributed by atoms with van der Waals surface area (Å²) in [5.74, 6) is 0.483. The Morgan fingerprint density at radius 3 is 2.84 bits per heavy atom. The number of aliphatic hydroxyl groups excluding tert-OH is 1. The Morgan fingerprint density at radius 2 is 2.11 bits per heavy atom. The molecule has 0 bridgehead atoms. The topological polar surface area (TPSA) is 71.2 Å². The highest BCUT2D eigenvalue weighted by molar-refractivity contribution is 5.98. The van der Waals surface area contributed by atoms with E-state index >= 15 is 0 Å². The normalized spacial score (nSPS) is 12.8. The zero-order valence-electron chi connectivity index (χ0n) is 11.4. The van der Waals surface area contributed by atoms with Gasteiger partial charge in [0.05, 0.1) is 17.5 Å². The van der Waals surface area contributed by atoms with Crippen LogP contribution < -0.4 is 11.1 Å². The number of fused-ring (bicyclic) bond motifs is 1. The molecule has 0 saturated carbocycles. The van der Waals surface area contributed by atoms with Gasteiger partial charge in [-0.15, -0.1) is 0 Å². The van der Waals surface area contributed by atoms with Crippen molar-refractivity contribution in [2.24, 2.45) is 5.92 Å². The molecule has 0 amide bonds. The molecule has 0 aliphatic rings. The van der Waals surface area contributed by atoms with Crippen molar-refractivity contribution in [2.75, 3.05) is 17.6 Å². The van der Waals surface area contributed by atoms with Gasteiger partial charge in [-0.05, 0) is 24.5 Å². The second-order valence-electron chi connectivity index (χ2n) is 5.29. The zero-order chi connectivity index (χ0) is 13.8. The molecule has 1 heterocycles. The number of nitrogens with zero attached hydrogens (tertiary/aromatic N) is 1. The maximum atomic E-state index is 9.87. The Labute approximate surface area is 113 Å². The minimum absolute atomic E-state index is 0.354. The second kappa shape index (κ2) is 5.89. The van der Waals surface area contributed by atoms with Crippen LogP contribution in [0.2, 0.25) is 0 Å². The van der Waals surface area contributed by atoms with Crippen LogP contribution in [-0.4, -0.2) is 22.7 Å². The minimum Gasteiger partial charge on any atom is -0.397 e. The number of aromatic nitrogens is 1. The first-order valence-electron chi connectivity index (χ1n) is 6.62. The Bertz CT molecular complexity index is 554. The number of anilines is 2. The standard InChI is InChI=1S/C15H21N3O/c1-10(2)7-12(19)9-18-14-4-3-11-8-17-6-5-13(11)15(14)16/h3-6,8,10,12,18-19H,7,9,16H2,1-2H3. The monoisotopic (exact) mass is 259 g/mol. The fraction of sp³-hybridized carbons (Fsp3) is 0.400. The zero-order valence-corrected chi connectivity index (χ0v) is 11.4. The molecule has 0 fully saturated rings. The van der Waals surface area contributed by atoms with E-state index in [4.69, 9.17) is 5.73 Å². The van der Waals surface area contributed by atoms with Gasteiger partial charge in [-0.3, -0.25) is 4.98 Å². The molecule has 0 aliphatic heterocycles. The second-order valence-corrected chi connectivity index (χ2v) is 5.29. The lowest BCUT2D eigenvalue weighted by Gasteiger charge is -2.16. The van der Waals surface area contributed by atoms with Gasteiger partial charge in [-0.25, -0.2) is 0 Å². The molecule has 19 heavy (non-hydrogen) atoms. The number of nitrogens with two attached hydrogens (primary N) is 1. The summed E-state index contributed by atoms with van der Waals surface area (Å²) in [7, 11) is 0. The third-order valence-electron chi connectivity index (χ3n) is 3.13. The average Bonchev–Trinajstić information content (AvgIpc) is 2.37. The lowest BCUT2D eigenvalue weighted by Crippen LogP contribution is -2.21. The lowest BCUT2D eigenvalue weighted by atomic mass is 10.1. The average molecular weight is 259 g/mol. The number of benzene rings is 1. The molecule has 2 aromatic rings. The first-order chi connectivity index (χ1) is 9.08. The summed E-state index contributed by atoms with van der Waals surface area (Å²) in [6, 6.07) is 5.82. The summed E-state index contributed by atoms with van der Waals surface area (Å²) in [6.07, 6.45) is 3.95. The Hall–Kier alpha value is -1.81. The summed E-state index contributed by atoms with van der Waals surface area (Å²) in [5, 5.41) is 15.1. The summed E-state index contributed by atoms with van der Waals surface area (Å²) in [5.41, 5.74) is 7.70. The summed E-state index contributed by atoms with van der Waals surface area (Å²) in [4.78, 5) is 4.07. The van der Waals surface area contributed by atoms with Gasteiger partial charge in [0.15, 0.2) is 0 Å². The molecular formula is C15H21N3O. The molecule has 4 N–H and O–H groups in total. The van der Waals surface area contributed by atoms with Crippen molar-refractivity contribution >= 4 is 22.1 Å². The van der Waals surface area contributed by atoms with Crippen LogP contribution in [0.4, 0.5) is 11.4 Å². The van der Waals surface area contributed by atoms with E-state index in [0.717, 1.165) is 22.9 Å². The van der Waals surface area contributed by atoms with Crippen molar-refractivity contribution in [1.29, 1.82) is 0 Å². The van der Waals surface area contributed by atoms with Crippen LogP contribution in [0.5, 0.6) is 0 Å². The summed E-state index contributed by atoms with van der Waals surface area (Å²) in [6.45, 7) is 4.71. The highest BCUT2D eigenvalue weighted by Crippen LogP contribution is 2.27. The van der Waals surface area contributed by atoms with Gasteiger partial charge >= 0.3 is 0 Å². The van der Waals surface area contributed by atoms with E-state index in [2.05, 4.69) is 24.1 Å². The highest BCUT2D eigenvalue weighted by atomic mass is 16.3. The Morgan fingerprint density at radius 1 is 1.32 bits per heavy atom. The van der Waals surface area contributed by atoms with Crippen molar-refractivity contribution < 1.29 is 5.11 Å². The summed E-state index contributed by atoms with van der Waals surface area (Å²) < 4.78 is 0. The molecule has 1 unspecified atom stereocenters. The number of nitrogen functional groups attached to an aromatic ring is 1. The van der Waals surface area contributed by atoms with E-state index in [0.29, 0.717) is 18.2 Å². The van der Waals surface area contributed by atoms with E-state index in [1.165, 1.54) is 0 Å². The van der Waals surface area contributed by atoms with Gasteiger partial charge in [-0.1, -0.05) is 19.9 Å². The maximum Gasteiger partial charge on any atom is 0.0715 e. The number of aliphatic hydroxyl groups is 1. The molecule has 4 nitrogen and oxygen atoms in total. The summed E-state index contributed by atoms with van der Waals surface area (Å²) >= 11 is 0. The van der Waals surface area contributed by atoms with E-state index in [-0.39, 0.29) is 6.10 Å². The number of nitrogens with one attached hydrogen (secondary N) is 1. The molecule has 1 aromatic heterocycles. The number of hydrogen-bond acceptors (Lipinski definition) is 4. The van der Waals surface area contributed by atoms with Gasteiger partial charge in [0, 0.05) is 29.7 Å². The first-order valence-corrected chi connectivity index (χ1v) is 6.62. The Kier molecular flexibility index (Phi) is 4.22. The van der Waals surface area contributed by atoms with Crippen molar-refractivity contribution in [3.63, 3.8) is 0 Å². The molecule has 0 saturated heterocycles. The van der Waals surface area contributed by atoms with Crippen LogP contribution in [0.15, 0.2) is 30.6 Å². The molecule has 0 aliphatic carbocycles. The molecule has 102 valence electrons.